The average Bonchev–Trinajstić information content (AvgIpc) is 3.50. The molecule has 0 spiro atoms. The number of carbonyl (C=O) groups is 1. The Morgan fingerprint density at radius 3 is 2.50 bits per heavy atom. The summed E-state index contributed by atoms with van der Waals surface area (Å²) in [6.07, 6.45) is 3.98. The number of ether oxygens (including phenoxy) is 1. The second kappa shape index (κ2) is 14.3. The van der Waals surface area contributed by atoms with Crippen LogP contribution in [-0.4, -0.2) is 54.6 Å². The lowest BCUT2D eigenvalue weighted by Crippen LogP contribution is -2.46. The van der Waals surface area contributed by atoms with E-state index in [2.05, 4.69) is 50.8 Å². The summed E-state index contributed by atoms with van der Waals surface area (Å²) >= 11 is 1.73. The van der Waals surface area contributed by atoms with Crippen molar-refractivity contribution in [1.29, 1.82) is 0 Å². The number of halogens is 2. The van der Waals surface area contributed by atoms with E-state index in [0.29, 0.717) is 12.3 Å². The van der Waals surface area contributed by atoms with Gasteiger partial charge in [0.1, 0.15) is 18.1 Å². The fraction of sp³-hybridized carbons (Fsp3) is 0.400. The third kappa shape index (κ3) is 7.67. The van der Waals surface area contributed by atoms with Crippen molar-refractivity contribution in [1.82, 2.24) is 14.8 Å². The maximum absolute atomic E-state index is 12.1. The third-order valence-corrected chi connectivity index (χ3v) is 6.74. The highest BCUT2D eigenvalue weighted by atomic mass is 35.5. The number of nitrogens with one attached hydrogen (secondary N) is 1. The van der Waals surface area contributed by atoms with Gasteiger partial charge in [0.25, 0.3) is 5.91 Å². The molecule has 1 saturated heterocycles. The van der Waals surface area contributed by atoms with Gasteiger partial charge in [-0.25, -0.2) is 0 Å². The molecule has 9 heteroatoms. The molecule has 0 aliphatic carbocycles. The summed E-state index contributed by atoms with van der Waals surface area (Å²) in [6, 6.07) is 16.3. The zero-order valence-corrected chi connectivity index (χ0v) is 22.0. The highest BCUT2D eigenvalue weighted by Crippen LogP contribution is 2.30. The SMILES string of the molecule is Cl.Cl.Cn1cccc1C(=O)NCCCCN1CCN(c2ccccc2OCc2cccs2)CC1. The summed E-state index contributed by atoms with van der Waals surface area (Å²) in [7, 11) is 1.89. The normalized spacial score (nSPS) is 13.6. The van der Waals surface area contributed by atoms with Gasteiger partial charge in [-0.1, -0.05) is 18.2 Å². The summed E-state index contributed by atoms with van der Waals surface area (Å²) in [4.78, 5) is 18.3. The number of rotatable bonds is 10. The van der Waals surface area contributed by atoms with Crippen LogP contribution in [0.15, 0.2) is 60.1 Å². The predicted octanol–water partition coefficient (Wildman–Crippen LogP) is 4.84. The summed E-state index contributed by atoms with van der Waals surface area (Å²) in [5, 5.41) is 5.11. The smallest absolute Gasteiger partial charge is 0.267 e. The minimum atomic E-state index is 0. The van der Waals surface area contributed by atoms with Crippen molar-refractivity contribution in [3.63, 3.8) is 0 Å². The second-order valence-corrected chi connectivity index (χ2v) is 9.16. The van der Waals surface area contributed by atoms with Gasteiger partial charge < -0.3 is 19.5 Å². The minimum absolute atomic E-state index is 0. The molecule has 2 aromatic heterocycles. The number of thiophene rings is 1. The Bertz CT molecular complexity index is 988. The average molecular weight is 526 g/mol. The van der Waals surface area contributed by atoms with Crippen molar-refractivity contribution in [2.45, 2.75) is 19.4 Å². The lowest BCUT2D eigenvalue weighted by Gasteiger charge is -2.36. The number of aryl methyl sites for hydroxylation is 1. The van der Waals surface area contributed by atoms with Gasteiger partial charge >= 0.3 is 0 Å². The first-order valence-corrected chi connectivity index (χ1v) is 12.2. The van der Waals surface area contributed by atoms with E-state index in [1.807, 2.05) is 36.0 Å². The van der Waals surface area contributed by atoms with E-state index in [0.717, 1.165) is 57.9 Å². The van der Waals surface area contributed by atoms with Gasteiger partial charge in [-0.3, -0.25) is 9.69 Å². The standard InChI is InChI=1S/C25H32N4O2S.2ClH/c1-27-13-6-10-23(27)25(30)26-12-4-5-14-28-15-17-29(18-16-28)22-9-2-3-11-24(22)31-20-21-8-7-19-32-21;;/h2-3,6-11,13,19H,4-5,12,14-18,20H2,1H3,(H,26,30);2*1H. The van der Waals surface area contributed by atoms with Gasteiger partial charge in [0, 0.05) is 50.8 Å². The molecule has 186 valence electrons. The van der Waals surface area contributed by atoms with Gasteiger partial charge in [-0.2, -0.15) is 0 Å². The molecule has 0 unspecified atom stereocenters. The van der Waals surface area contributed by atoms with Gasteiger partial charge in [0.15, 0.2) is 0 Å². The van der Waals surface area contributed by atoms with E-state index < -0.39 is 0 Å². The van der Waals surface area contributed by atoms with Gasteiger partial charge in [-0.05, 0) is 55.1 Å². The van der Waals surface area contributed by atoms with Crippen LogP contribution >= 0.6 is 36.2 Å². The minimum Gasteiger partial charge on any atom is -0.486 e. The summed E-state index contributed by atoms with van der Waals surface area (Å²) in [6.45, 7) is 6.52. The van der Waals surface area contributed by atoms with Crippen molar-refractivity contribution >= 4 is 47.7 Å². The number of benzene rings is 1. The summed E-state index contributed by atoms with van der Waals surface area (Å²) in [5.41, 5.74) is 1.90. The van der Waals surface area contributed by atoms with Crippen molar-refractivity contribution in [3.05, 3.63) is 70.7 Å². The van der Waals surface area contributed by atoms with Crippen molar-refractivity contribution in [3.8, 4) is 5.75 Å². The van der Waals surface area contributed by atoms with Crippen LogP contribution in [0.2, 0.25) is 0 Å². The maximum Gasteiger partial charge on any atom is 0.267 e. The number of amides is 1. The molecule has 1 aliphatic rings. The fourth-order valence-electron chi connectivity index (χ4n) is 4.05. The molecule has 3 aromatic rings. The van der Waals surface area contributed by atoms with E-state index in [-0.39, 0.29) is 30.7 Å². The van der Waals surface area contributed by atoms with Crippen molar-refractivity contribution in [2.75, 3.05) is 44.2 Å². The number of unbranched alkanes of at least 4 members (excludes halogenated alkanes) is 1. The van der Waals surface area contributed by atoms with Gasteiger partial charge in [-0.15, -0.1) is 36.2 Å². The third-order valence-electron chi connectivity index (χ3n) is 5.89. The molecule has 0 atom stereocenters. The van der Waals surface area contributed by atoms with E-state index in [1.165, 1.54) is 10.6 Å². The number of anilines is 1. The molecular weight excluding hydrogens is 491 g/mol. The largest absolute Gasteiger partial charge is 0.486 e. The number of aromatic nitrogens is 1. The molecule has 1 aliphatic heterocycles. The molecule has 3 heterocycles. The topological polar surface area (TPSA) is 49.7 Å². The van der Waals surface area contributed by atoms with E-state index in [1.54, 1.807) is 11.3 Å². The zero-order valence-electron chi connectivity index (χ0n) is 19.5. The molecule has 1 fully saturated rings. The number of nitrogens with zero attached hydrogens (tertiary/aromatic N) is 3. The Morgan fingerprint density at radius 2 is 1.79 bits per heavy atom. The molecule has 6 nitrogen and oxygen atoms in total. The first-order chi connectivity index (χ1) is 15.7. The Morgan fingerprint density at radius 1 is 1.00 bits per heavy atom. The molecule has 1 amide bonds. The summed E-state index contributed by atoms with van der Waals surface area (Å²) < 4.78 is 7.97. The highest BCUT2D eigenvalue weighted by Gasteiger charge is 2.19. The molecule has 0 radical (unpaired) electrons. The second-order valence-electron chi connectivity index (χ2n) is 8.13. The first-order valence-electron chi connectivity index (χ1n) is 11.3. The van der Waals surface area contributed by atoms with Crippen molar-refractivity contribution in [2.24, 2.45) is 7.05 Å². The van der Waals surface area contributed by atoms with Gasteiger partial charge in [0.2, 0.25) is 0 Å². The van der Waals surface area contributed by atoms with Crippen LogP contribution in [0.5, 0.6) is 5.75 Å². The number of carbonyl (C=O) groups excluding carboxylic acids is 1. The lowest BCUT2D eigenvalue weighted by molar-refractivity contribution is 0.0944. The number of hydrogen-bond donors (Lipinski definition) is 1. The van der Waals surface area contributed by atoms with Crippen LogP contribution in [0.25, 0.3) is 0 Å². The lowest BCUT2D eigenvalue weighted by atomic mass is 10.2. The van der Waals surface area contributed by atoms with E-state index >= 15 is 0 Å². The van der Waals surface area contributed by atoms with Crippen LogP contribution < -0.4 is 15.0 Å². The molecular formula is C25H34Cl2N4O2S. The number of hydrogen-bond acceptors (Lipinski definition) is 5. The molecule has 34 heavy (non-hydrogen) atoms. The van der Waals surface area contributed by atoms with Gasteiger partial charge in [0.05, 0.1) is 5.69 Å². The molecule has 1 aromatic carbocycles. The van der Waals surface area contributed by atoms with Crippen LogP contribution in [0.4, 0.5) is 5.69 Å². The zero-order chi connectivity index (χ0) is 22.2. The van der Waals surface area contributed by atoms with Crippen molar-refractivity contribution < 1.29 is 9.53 Å². The predicted molar refractivity (Wildman–Crippen MR) is 145 cm³/mol. The maximum atomic E-state index is 12.1. The molecule has 1 N–H and O–H groups in total. The number of piperazine rings is 1. The highest BCUT2D eigenvalue weighted by molar-refractivity contribution is 7.09. The Labute approximate surface area is 218 Å². The molecule has 0 bridgehead atoms. The van der Waals surface area contributed by atoms with E-state index in [9.17, 15) is 4.79 Å². The Kier molecular flexibility index (Phi) is 11.8. The number of para-hydroxylation sites is 2. The molecule has 4 rings (SSSR count). The van der Waals surface area contributed by atoms with Crippen LogP contribution in [0.3, 0.4) is 0 Å². The Hall–Kier alpha value is -2.19. The Balaban J connectivity index is 0.00000204. The van der Waals surface area contributed by atoms with E-state index in [4.69, 9.17) is 4.74 Å². The quantitative estimate of drug-likeness (QED) is 0.385. The molecule has 0 saturated carbocycles. The van der Waals surface area contributed by atoms with Crippen LogP contribution in [-0.2, 0) is 13.7 Å². The first kappa shape index (κ1) is 28.1. The summed E-state index contributed by atoms with van der Waals surface area (Å²) in [5.74, 6) is 0.967. The fourth-order valence-corrected chi connectivity index (χ4v) is 4.66. The van der Waals surface area contributed by atoms with Crippen LogP contribution in [0.1, 0.15) is 28.2 Å². The monoisotopic (exact) mass is 524 g/mol. The van der Waals surface area contributed by atoms with Crippen LogP contribution in [0, 0.1) is 0 Å².